The molecule has 0 radical (unpaired) electrons. The summed E-state index contributed by atoms with van der Waals surface area (Å²) in [7, 11) is 4.44. The minimum absolute atomic E-state index is 0.302. The standard InChI is InChI=1S/C16H23N3/c1-19(2)16(7-9-17-10-8-16)11-13-12-18-15-6-4-3-5-14(13)15/h3-6,12,17-18H,7-11H2,1-2H3. The molecule has 1 aromatic carbocycles. The topological polar surface area (TPSA) is 31.1 Å². The van der Waals surface area contributed by atoms with Crippen LogP contribution in [0.4, 0.5) is 0 Å². The predicted molar refractivity (Wildman–Crippen MR) is 80.5 cm³/mol. The molecule has 1 aliphatic rings. The highest BCUT2D eigenvalue weighted by atomic mass is 15.2. The van der Waals surface area contributed by atoms with Crippen LogP contribution in [0.5, 0.6) is 0 Å². The highest BCUT2D eigenvalue weighted by Crippen LogP contribution is 2.31. The average Bonchev–Trinajstić information content (AvgIpc) is 2.83. The summed E-state index contributed by atoms with van der Waals surface area (Å²) in [5, 5.41) is 4.85. The first-order valence-corrected chi connectivity index (χ1v) is 7.14. The maximum absolute atomic E-state index is 3.48. The number of piperidine rings is 1. The number of aromatic amines is 1. The third-order valence-corrected chi connectivity index (χ3v) is 4.68. The van der Waals surface area contributed by atoms with E-state index in [1.807, 2.05) is 0 Å². The molecule has 0 amide bonds. The number of aromatic nitrogens is 1. The zero-order chi connectivity index (χ0) is 13.3. The van der Waals surface area contributed by atoms with E-state index in [9.17, 15) is 0 Å². The lowest BCUT2D eigenvalue weighted by Gasteiger charge is -2.43. The summed E-state index contributed by atoms with van der Waals surface area (Å²) in [5.41, 5.74) is 3.00. The van der Waals surface area contributed by atoms with E-state index in [1.54, 1.807) is 0 Å². The molecular weight excluding hydrogens is 234 g/mol. The Bertz CT molecular complexity index is 550. The number of nitrogens with one attached hydrogen (secondary N) is 2. The number of nitrogens with zero attached hydrogens (tertiary/aromatic N) is 1. The fraction of sp³-hybridized carbons (Fsp3) is 0.500. The normalized spacial score (nSPS) is 19.1. The average molecular weight is 257 g/mol. The summed E-state index contributed by atoms with van der Waals surface area (Å²) in [6.45, 7) is 2.25. The molecular formula is C16H23N3. The molecule has 1 fully saturated rings. The fourth-order valence-electron chi connectivity index (χ4n) is 3.31. The Morgan fingerprint density at radius 2 is 1.89 bits per heavy atom. The van der Waals surface area contributed by atoms with Crippen molar-refractivity contribution < 1.29 is 0 Å². The van der Waals surface area contributed by atoms with Gasteiger partial charge in [0.05, 0.1) is 0 Å². The molecule has 0 atom stereocenters. The van der Waals surface area contributed by atoms with Crippen LogP contribution in [0.1, 0.15) is 18.4 Å². The van der Waals surface area contributed by atoms with Crippen LogP contribution in [0, 0.1) is 0 Å². The van der Waals surface area contributed by atoms with E-state index in [1.165, 1.54) is 29.3 Å². The molecule has 3 rings (SSSR count). The fourth-order valence-corrected chi connectivity index (χ4v) is 3.31. The van der Waals surface area contributed by atoms with Gasteiger partial charge in [-0.25, -0.2) is 0 Å². The predicted octanol–water partition coefficient (Wildman–Crippen LogP) is 2.39. The molecule has 0 aliphatic carbocycles. The summed E-state index contributed by atoms with van der Waals surface area (Å²) in [6, 6.07) is 8.61. The Kier molecular flexibility index (Phi) is 3.33. The highest BCUT2D eigenvalue weighted by molar-refractivity contribution is 5.83. The number of fused-ring (bicyclic) bond motifs is 1. The molecule has 2 aromatic rings. The van der Waals surface area contributed by atoms with Crippen LogP contribution in [0.25, 0.3) is 10.9 Å². The van der Waals surface area contributed by atoms with Gasteiger partial charge in [0.25, 0.3) is 0 Å². The van der Waals surface area contributed by atoms with Crippen molar-refractivity contribution in [1.82, 2.24) is 15.2 Å². The van der Waals surface area contributed by atoms with Crippen molar-refractivity contribution in [3.8, 4) is 0 Å². The van der Waals surface area contributed by atoms with Gasteiger partial charge >= 0.3 is 0 Å². The molecule has 2 heterocycles. The maximum Gasteiger partial charge on any atom is 0.0456 e. The van der Waals surface area contributed by atoms with E-state index in [0.29, 0.717) is 5.54 Å². The van der Waals surface area contributed by atoms with E-state index < -0.39 is 0 Å². The van der Waals surface area contributed by atoms with Gasteiger partial charge in [0, 0.05) is 22.6 Å². The van der Waals surface area contributed by atoms with E-state index in [4.69, 9.17) is 0 Å². The first kappa shape index (κ1) is 12.7. The first-order valence-electron chi connectivity index (χ1n) is 7.14. The van der Waals surface area contributed by atoms with Gasteiger partial charge in [-0.3, -0.25) is 0 Å². The second-order valence-electron chi connectivity index (χ2n) is 5.91. The third kappa shape index (κ3) is 2.28. The highest BCUT2D eigenvalue weighted by Gasteiger charge is 2.34. The van der Waals surface area contributed by atoms with Gasteiger partial charge in [-0.2, -0.15) is 0 Å². The minimum Gasteiger partial charge on any atom is -0.361 e. The molecule has 1 aromatic heterocycles. The summed E-state index contributed by atoms with van der Waals surface area (Å²) >= 11 is 0. The first-order chi connectivity index (χ1) is 9.21. The van der Waals surface area contributed by atoms with Crippen molar-refractivity contribution in [3.05, 3.63) is 36.0 Å². The van der Waals surface area contributed by atoms with Gasteiger partial charge in [-0.15, -0.1) is 0 Å². The Balaban J connectivity index is 1.93. The number of para-hydroxylation sites is 1. The molecule has 2 N–H and O–H groups in total. The molecule has 3 nitrogen and oxygen atoms in total. The van der Waals surface area contributed by atoms with Gasteiger partial charge in [0.2, 0.25) is 0 Å². The molecule has 19 heavy (non-hydrogen) atoms. The van der Waals surface area contributed by atoms with E-state index in [2.05, 4.69) is 59.8 Å². The van der Waals surface area contributed by atoms with Crippen LogP contribution in [-0.2, 0) is 6.42 Å². The molecule has 0 unspecified atom stereocenters. The number of rotatable bonds is 3. The van der Waals surface area contributed by atoms with Crippen molar-refractivity contribution in [2.45, 2.75) is 24.8 Å². The summed E-state index contributed by atoms with van der Waals surface area (Å²) in [6.07, 6.45) is 5.77. The van der Waals surface area contributed by atoms with Gasteiger partial charge in [-0.1, -0.05) is 18.2 Å². The zero-order valence-corrected chi connectivity index (χ0v) is 11.9. The van der Waals surface area contributed by atoms with Crippen molar-refractivity contribution >= 4 is 10.9 Å². The molecule has 1 saturated heterocycles. The number of likely N-dealkylation sites (N-methyl/N-ethyl adjacent to an activating group) is 1. The molecule has 0 bridgehead atoms. The monoisotopic (exact) mass is 257 g/mol. The summed E-state index contributed by atoms with van der Waals surface area (Å²) < 4.78 is 0. The van der Waals surface area contributed by atoms with Crippen molar-refractivity contribution in [1.29, 1.82) is 0 Å². The van der Waals surface area contributed by atoms with Crippen molar-refractivity contribution in [2.75, 3.05) is 27.2 Å². The van der Waals surface area contributed by atoms with Gasteiger partial charge in [-0.05, 0) is 58.1 Å². The second-order valence-corrected chi connectivity index (χ2v) is 5.91. The summed E-state index contributed by atoms with van der Waals surface area (Å²) in [4.78, 5) is 5.83. The Morgan fingerprint density at radius 1 is 1.16 bits per heavy atom. The molecule has 3 heteroatoms. The summed E-state index contributed by atoms with van der Waals surface area (Å²) in [5.74, 6) is 0. The number of hydrogen-bond donors (Lipinski definition) is 2. The zero-order valence-electron chi connectivity index (χ0n) is 11.9. The molecule has 1 aliphatic heterocycles. The molecule has 0 spiro atoms. The smallest absolute Gasteiger partial charge is 0.0456 e. The Hall–Kier alpha value is -1.32. The van der Waals surface area contributed by atoms with E-state index in [-0.39, 0.29) is 0 Å². The largest absolute Gasteiger partial charge is 0.361 e. The lowest BCUT2D eigenvalue weighted by Crippen LogP contribution is -2.53. The van der Waals surface area contributed by atoms with E-state index in [0.717, 1.165) is 19.5 Å². The van der Waals surface area contributed by atoms with Crippen LogP contribution < -0.4 is 5.32 Å². The maximum atomic E-state index is 3.48. The Labute approximate surface area is 115 Å². The quantitative estimate of drug-likeness (QED) is 0.884. The van der Waals surface area contributed by atoms with Crippen LogP contribution in [-0.4, -0.2) is 42.6 Å². The number of benzene rings is 1. The number of H-pyrrole nitrogens is 1. The third-order valence-electron chi connectivity index (χ3n) is 4.68. The lowest BCUT2D eigenvalue weighted by atomic mass is 9.81. The van der Waals surface area contributed by atoms with Crippen LogP contribution in [0.15, 0.2) is 30.5 Å². The van der Waals surface area contributed by atoms with Crippen LogP contribution in [0.2, 0.25) is 0 Å². The van der Waals surface area contributed by atoms with E-state index >= 15 is 0 Å². The SMILES string of the molecule is CN(C)C1(Cc2c[nH]c3ccccc23)CCNCC1. The van der Waals surface area contributed by atoms with Gasteiger partial charge < -0.3 is 15.2 Å². The van der Waals surface area contributed by atoms with Gasteiger partial charge in [0.1, 0.15) is 0 Å². The van der Waals surface area contributed by atoms with Crippen molar-refractivity contribution in [2.24, 2.45) is 0 Å². The second kappa shape index (κ2) is 4.99. The van der Waals surface area contributed by atoms with Crippen LogP contribution in [0.3, 0.4) is 0 Å². The molecule has 102 valence electrons. The molecule has 0 saturated carbocycles. The minimum atomic E-state index is 0.302. The van der Waals surface area contributed by atoms with Gasteiger partial charge in [0.15, 0.2) is 0 Å². The van der Waals surface area contributed by atoms with Crippen molar-refractivity contribution in [3.63, 3.8) is 0 Å². The Morgan fingerprint density at radius 3 is 2.63 bits per heavy atom. The number of hydrogen-bond acceptors (Lipinski definition) is 2. The lowest BCUT2D eigenvalue weighted by molar-refractivity contribution is 0.108. The van der Waals surface area contributed by atoms with Crippen LogP contribution >= 0.6 is 0 Å².